The van der Waals surface area contributed by atoms with Gasteiger partial charge in [-0.15, -0.1) is 11.3 Å². The number of carbonyl (C=O) groups excluding carboxylic acids is 1. The fourth-order valence-electron chi connectivity index (χ4n) is 3.71. The maximum atomic E-state index is 12.5. The van der Waals surface area contributed by atoms with Crippen molar-refractivity contribution in [2.24, 2.45) is 11.3 Å². The monoisotopic (exact) mass is 323 g/mol. The second-order valence-electron chi connectivity index (χ2n) is 6.49. The zero-order valence-electron chi connectivity index (χ0n) is 12.9. The molecular weight excluding hydrogens is 302 g/mol. The average Bonchev–Trinajstić information content (AvgIpc) is 3.02. The summed E-state index contributed by atoms with van der Waals surface area (Å²) >= 11 is 1.53. The van der Waals surface area contributed by atoms with E-state index in [-0.39, 0.29) is 18.2 Å². The number of aryl methyl sites for hydroxylation is 1. The molecule has 0 aliphatic carbocycles. The number of amides is 1. The Bertz CT molecular complexity index is 603. The minimum atomic E-state index is -0.805. The molecule has 2 fully saturated rings. The Morgan fingerprint density at radius 3 is 2.91 bits per heavy atom. The van der Waals surface area contributed by atoms with E-state index < -0.39 is 11.4 Å². The van der Waals surface area contributed by atoms with Gasteiger partial charge in [-0.1, -0.05) is 0 Å². The summed E-state index contributed by atoms with van der Waals surface area (Å²) in [5, 5.41) is 12.6. The minimum Gasteiger partial charge on any atom is -0.481 e. The molecule has 7 heteroatoms. The third-order valence-electron chi connectivity index (χ3n) is 4.88. The number of aromatic nitrogens is 1. The number of hydrogen-bond acceptors (Lipinski definition) is 5. The molecule has 6 nitrogen and oxygen atoms in total. The van der Waals surface area contributed by atoms with Crippen molar-refractivity contribution >= 4 is 23.2 Å². The molecule has 1 aromatic heterocycles. The number of rotatable bonds is 3. The fourth-order valence-corrected chi connectivity index (χ4v) is 4.33. The molecule has 3 heterocycles. The van der Waals surface area contributed by atoms with E-state index in [9.17, 15) is 14.7 Å². The fraction of sp³-hybridized carbons (Fsp3) is 0.667. The van der Waals surface area contributed by atoms with Gasteiger partial charge < -0.3 is 14.9 Å². The van der Waals surface area contributed by atoms with E-state index >= 15 is 0 Å². The molecule has 1 amide bonds. The van der Waals surface area contributed by atoms with Crippen molar-refractivity contribution in [2.45, 2.75) is 19.8 Å². The molecule has 3 rings (SSSR count). The van der Waals surface area contributed by atoms with Crippen LogP contribution >= 0.6 is 11.3 Å². The number of carboxylic acid groups (broad SMARTS) is 1. The summed E-state index contributed by atoms with van der Waals surface area (Å²) in [6.45, 7) is 4.21. The van der Waals surface area contributed by atoms with Gasteiger partial charge in [0.2, 0.25) is 5.91 Å². The van der Waals surface area contributed by atoms with Crippen LogP contribution < -0.4 is 0 Å². The van der Waals surface area contributed by atoms with Gasteiger partial charge in [0.25, 0.3) is 0 Å². The maximum Gasteiger partial charge on any atom is 0.313 e. The summed E-state index contributed by atoms with van der Waals surface area (Å²) in [4.78, 5) is 32.5. The van der Waals surface area contributed by atoms with E-state index in [0.29, 0.717) is 19.6 Å². The number of nitrogens with zero attached hydrogens (tertiary/aromatic N) is 3. The number of carbonyl (C=O) groups is 2. The van der Waals surface area contributed by atoms with E-state index in [4.69, 9.17) is 0 Å². The minimum absolute atomic E-state index is 0.0111. The van der Waals surface area contributed by atoms with Gasteiger partial charge in [0.05, 0.1) is 17.1 Å². The van der Waals surface area contributed by atoms with E-state index in [1.54, 1.807) is 4.90 Å². The maximum absolute atomic E-state index is 12.5. The highest BCUT2D eigenvalue weighted by Crippen LogP contribution is 2.42. The first-order valence-corrected chi connectivity index (χ1v) is 8.39. The number of aliphatic carboxylic acids is 1. The Balaban J connectivity index is 1.74. The van der Waals surface area contributed by atoms with Gasteiger partial charge in [-0.05, 0) is 32.9 Å². The average molecular weight is 323 g/mol. The summed E-state index contributed by atoms with van der Waals surface area (Å²) in [6.07, 6.45) is 1.10. The van der Waals surface area contributed by atoms with E-state index in [0.717, 1.165) is 23.7 Å². The first kappa shape index (κ1) is 15.4. The molecule has 0 aromatic carbocycles. The van der Waals surface area contributed by atoms with Crippen LogP contribution in [-0.2, 0) is 16.0 Å². The summed E-state index contributed by atoms with van der Waals surface area (Å²) in [5.41, 5.74) is -0.0236. The zero-order chi connectivity index (χ0) is 15.9. The molecule has 0 unspecified atom stereocenters. The molecule has 120 valence electrons. The highest BCUT2D eigenvalue weighted by Gasteiger charge is 2.55. The lowest BCUT2D eigenvalue weighted by atomic mass is 9.73. The van der Waals surface area contributed by atoms with Gasteiger partial charge in [0.15, 0.2) is 0 Å². The van der Waals surface area contributed by atoms with Gasteiger partial charge in [-0.3, -0.25) is 9.59 Å². The number of likely N-dealkylation sites (tertiary alicyclic amines) is 2. The van der Waals surface area contributed by atoms with Crippen LogP contribution in [0.4, 0.5) is 0 Å². The molecule has 2 atom stereocenters. The second kappa shape index (κ2) is 5.62. The van der Waals surface area contributed by atoms with Crippen molar-refractivity contribution in [3.8, 4) is 0 Å². The standard InChI is InChI=1S/C15H21N3O3S/c1-10-16-12(7-22-10)5-13(19)18-6-11-3-4-17(2)8-15(11,9-18)14(20)21/h7,11H,3-6,8-9H2,1-2H3,(H,20,21)/t11-,15-/m0/s1. The van der Waals surface area contributed by atoms with Gasteiger partial charge in [-0.2, -0.15) is 0 Å². The van der Waals surface area contributed by atoms with Crippen molar-refractivity contribution in [2.75, 3.05) is 33.2 Å². The van der Waals surface area contributed by atoms with Crippen LogP contribution in [0.2, 0.25) is 0 Å². The number of hydrogen-bond donors (Lipinski definition) is 1. The van der Waals surface area contributed by atoms with Crippen molar-refractivity contribution in [3.63, 3.8) is 0 Å². The normalized spacial score (nSPS) is 28.6. The number of piperidine rings is 1. The quantitative estimate of drug-likeness (QED) is 0.893. The van der Waals surface area contributed by atoms with Crippen LogP contribution in [-0.4, -0.2) is 65.0 Å². The van der Waals surface area contributed by atoms with Gasteiger partial charge in [0, 0.05) is 25.0 Å². The van der Waals surface area contributed by atoms with Crippen molar-refractivity contribution in [1.82, 2.24) is 14.8 Å². The third-order valence-corrected chi connectivity index (χ3v) is 5.71. The van der Waals surface area contributed by atoms with Crippen molar-refractivity contribution < 1.29 is 14.7 Å². The molecule has 0 spiro atoms. The van der Waals surface area contributed by atoms with Crippen molar-refractivity contribution in [1.29, 1.82) is 0 Å². The van der Waals surface area contributed by atoms with Gasteiger partial charge >= 0.3 is 5.97 Å². The Morgan fingerprint density at radius 1 is 1.50 bits per heavy atom. The summed E-state index contributed by atoms with van der Waals surface area (Å²) in [7, 11) is 1.95. The second-order valence-corrected chi connectivity index (χ2v) is 7.56. The van der Waals surface area contributed by atoms with Crippen LogP contribution in [0.25, 0.3) is 0 Å². The highest BCUT2D eigenvalue weighted by molar-refractivity contribution is 7.09. The largest absolute Gasteiger partial charge is 0.481 e. The molecule has 22 heavy (non-hydrogen) atoms. The van der Waals surface area contributed by atoms with Crippen molar-refractivity contribution in [3.05, 3.63) is 16.1 Å². The van der Waals surface area contributed by atoms with E-state index in [1.165, 1.54) is 11.3 Å². The molecule has 0 radical (unpaired) electrons. The topological polar surface area (TPSA) is 73.7 Å². The number of thiazole rings is 1. The lowest BCUT2D eigenvalue weighted by Gasteiger charge is -2.39. The Hall–Kier alpha value is -1.47. The first-order chi connectivity index (χ1) is 10.4. The molecule has 1 N–H and O–H groups in total. The molecule has 2 saturated heterocycles. The molecule has 2 aliphatic rings. The lowest BCUT2D eigenvalue weighted by molar-refractivity contribution is -0.154. The first-order valence-electron chi connectivity index (χ1n) is 7.51. The van der Waals surface area contributed by atoms with Gasteiger partial charge in [-0.25, -0.2) is 4.98 Å². The molecule has 0 bridgehead atoms. The van der Waals surface area contributed by atoms with E-state index in [2.05, 4.69) is 9.88 Å². The van der Waals surface area contributed by atoms with Crippen LogP contribution in [0.15, 0.2) is 5.38 Å². The Morgan fingerprint density at radius 2 is 2.27 bits per heavy atom. The number of fused-ring (bicyclic) bond motifs is 1. The molecule has 2 aliphatic heterocycles. The Kier molecular flexibility index (Phi) is 3.94. The summed E-state index contributed by atoms with van der Waals surface area (Å²) in [6, 6.07) is 0. The SMILES string of the molecule is Cc1nc(CC(=O)N2C[C@@H]3CCN(C)C[C@]3(C(=O)O)C2)cs1. The van der Waals surface area contributed by atoms with Crippen LogP contribution in [0, 0.1) is 18.3 Å². The predicted molar refractivity (Wildman–Crippen MR) is 82.8 cm³/mol. The third kappa shape index (κ3) is 2.63. The smallest absolute Gasteiger partial charge is 0.313 e. The van der Waals surface area contributed by atoms with Crippen LogP contribution in [0.5, 0.6) is 0 Å². The summed E-state index contributed by atoms with van der Waals surface area (Å²) < 4.78 is 0. The molecular formula is C15H21N3O3S. The highest BCUT2D eigenvalue weighted by atomic mass is 32.1. The molecule has 0 saturated carbocycles. The van der Waals surface area contributed by atoms with E-state index in [1.807, 2.05) is 19.4 Å². The predicted octanol–water partition coefficient (Wildman–Crippen LogP) is 0.859. The van der Waals surface area contributed by atoms with Crippen LogP contribution in [0.1, 0.15) is 17.1 Å². The molecule has 1 aromatic rings. The Labute approximate surface area is 133 Å². The summed E-state index contributed by atoms with van der Waals surface area (Å²) in [5.74, 6) is -0.728. The zero-order valence-corrected chi connectivity index (χ0v) is 13.7. The lowest BCUT2D eigenvalue weighted by Crippen LogP contribution is -2.52. The van der Waals surface area contributed by atoms with Crippen LogP contribution in [0.3, 0.4) is 0 Å². The number of carboxylic acids is 1. The van der Waals surface area contributed by atoms with Gasteiger partial charge in [0.1, 0.15) is 5.41 Å².